The molecule has 2 rings (SSSR count). The number of halogens is 1. The predicted molar refractivity (Wildman–Crippen MR) is 80.5 cm³/mol. The summed E-state index contributed by atoms with van der Waals surface area (Å²) in [5.74, 6) is -0.255. The van der Waals surface area contributed by atoms with E-state index in [9.17, 15) is 9.59 Å². The van der Waals surface area contributed by atoms with Crippen molar-refractivity contribution in [2.75, 3.05) is 26.7 Å². The van der Waals surface area contributed by atoms with Gasteiger partial charge < -0.3 is 14.8 Å². The summed E-state index contributed by atoms with van der Waals surface area (Å²) in [6.07, 6.45) is 1.36. The van der Waals surface area contributed by atoms with Gasteiger partial charge in [0.25, 0.3) is 0 Å². The molecule has 21 heavy (non-hydrogen) atoms. The summed E-state index contributed by atoms with van der Waals surface area (Å²) in [7, 11) is 1.37. The van der Waals surface area contributed by atoms with Crippen LogP contribution >= 0.6 is 12.4 Å². The molecule has 0 saturated carbocycles. The van der Waals surface area contributed by atoms with E-state index >= 15 is 0 Å². The lowest BCUT2D eigenvalue weighted by molar-refractivity contribution is -0.158. The van der Waals surface area contributed by atoms with E-state index in [0.29, 0.717) is 13.1 Å². The molecule has 2 saturated heterocycles. The van der Waals surface area contributed by atoms with Crippen LogP contribution in [0.3, 0.4) is 0 Å². The first-order valence-corrected chi connectivity index (χ1v) is 7.11. The van der Waals surface area contributed by atoms with E-state index in [1.54, 1.807) is 4.90 Å². The van der Waals surface area contributed by atoms with Crippen LogP contribution in [-0.4, -0.2) is 54.8 Å². The highest BCUT2D eigenvalue weighted by Gasteiger charge is 2.58. The molecule has 0 aromatic carbocycles. The van der Waals surface area contributed by atoms with Gasteiger partial charge in [-0.3, -0.25) is 4.90 Å². The zero-order valence-electron chi connectivity index (χ0n) is 13.1. The lowest BCUT2D eigenvalue weighted by Crippen LogP contribution is -2.65. The number of methoxy groups -OCH3 is 1. The van der Waals surface area contributed by atoms with E-state index < -0.39 is 17.2 Å². The number of piperidine rings is 1. The first-order valence-electron chi connectivity index (χ1n) is 7.11. The lowest BCUT2D eigenvalue weighted by atomic mass is 9.79. The van der Waals surface area contributed by atoms with Gasteiger partial charge in [0.15, 0.2) is 5.54 Å². The number of hydrogen-bond donors (Lipinski definition) is 1. The second kappa shape index (κ2) is 6.40. The minimum atomic E-state index is -0.907. The van der Waals surface area contributed by atoms with Crippen molar-refractivity contribution in [2.24, 2.45) is 5.92 Å². The maximum absolute atomic E-state index is 12.5. The van der Waals surface area contributed by atoms with Crippen molar-refractivity contribution < 1.29 is 19.1 Å². The third kappa shape index (κ3) is 3.26. The Morgan fingerprint density at radius 1 is 1.33 bits per heavy atom. The van der Waals surface area contributed by atoms with Gasteiger partial charge in [0.2, 0.25) is 0 Å². The quantitative estimate of drug-likeness (QED) is 0.743. The standard InChI is InChI=1S/C14H24N2O4.ClH/c1-13(2,3)20-12(18)16-7-5-6-10-8-15-9-14(10,16)11(17)19-4;/h10,15H,5-9H2,1-4H3;1H/t10-,14+;/m1./s1. The van der Waals surface area contributed by atoms with E-state index in [0.717, 1.165) is 19.4 Å². The fraction of sp³-hybridized carbons (Fsp3) is 0.857. The number of carbonyl (C=O) groups is 2. The SMILES string of the molecule is COC(=O)[C@]12CNC[C@H]1CCCN2C(=O)OC(C)(C)C.Cl. The van der Waals surface area contributed by atoms with Gasteiger partial charge in [-0.25, -0.2) is 9.59 Å². The highest BCUT2D eigenvalue weighted by molar-refractivity contribution is 5.87. The Balaban J connectivity index is 0.00000220. The first-order chi connectivity index (χ1) is 9.31. The van der Waals surface area contributed by atoms with Gasteiger partial charge in [-0.15, -0.1) is 12.4 Å². The summed E-state index contributed by atoms with van der Waals surface area (Å²) in [5, 5.41) is 3.22. The summed E-state index contributed by atoms with van der Waals surface area (Å²) >= 11 is 0. The first kappa shape index (κ1) is 18.0. The average molecular weight is 321 g/mol. The molecule has 1 amide bonds. The normalized spacial score (nSPS) is 28.4. The van der Waals surface area contributed by atoms with Crippen LogP contribution in [0, 0.1) is 5.92 Å². The predicted octanol–water partition coefficient (Wildman–Crippen LogP) is 1.57. The van der Waals surface area contributed by atoms with E-state index in [2.05, 4.69) is 5.32 Å². The van der Waals surface area contributed by atoms with Crippen molar-refractivity contribution in [3.05, 3.63) is 0 Å². The molecule has 0 spiro atoms. The number of rotatable bonds is 1. The number of carbonyl (C=O) groups excluding carboxylic acids is 2. The van der Waals surface area contributed by atoms with Crippen LogP contribution < -0.4 is 5.32 Å². The molecule has 1 N–H and O–H groups in total. The Morgan fingerprint density at radius 2 is 2.00 bits per heavy atom. The van der Waals surface area contributed by atoms with Crippen LogP contribution in [0.25, 0.3) is 0 Å². The number of fused-ring (bicyclic) bond motifs is 1. The second-order valence-corrected chi connectivity index (χ2v) is 6.52. The van der Waals surface area contributed by atoms with E-state index in [4.69, 9.17) is 9.47 Å². The van der Waals surface area contributed by atoms with Gasteiger partial charge in [0, 0.05) is 25.6 Å². The Hall–Kier alpha value is -1.01. The summed E-state index contributed by atoms with van der Waals surface area (Å²) in [4.78, 5) is 26.4. The maximum atomic E-state index is 12.5. The number of esters is 1. The lowest BCUT2D eigenvalue weighted by Gasteiger charge is -2.45. The van der Waals surface area contributed by atoms with Crippen LogP contribution in [0.1, 0.15) is 33.6 Å². The van der Waals surface area contributed by atoms with Crippen molar-refractivity contribution >= 4 is 24.5 Å². The van der Waals surface area contributed by atoms with Gasteiger partial charge >= 0.3 is 12.1 Å². The van der Waals surface area contributed by atoms with Crippen LogP contribution in [0.4, 0.5) is 4.79 Å². The molecule has 2 atom stereocenters. The molecular weight excluding hydrogens is 296 g/mol. The second-order valence-electron chi connectivity index (χ2n) is 6.52. The number of likely N-dealkylation sites (tertiary alicyclic amines) is 1. The van der Waals surface area contributed by atoms with Crippen molar-refractivity contribution in [3.8, 4) is 0 Å². The fourth-order valence-electron chi connectivity index (χ4n) is 3.20. The molecule has 122 valence electrons. The summed E-state index contributed by atoms with van der Waals surface area (Å²) in [5.41, 5.74) is -1.48. The average Bonchev–Trinajstić information content (AvgIpc) is 2.79. The van der Waals surface area contributed by atoms with E-state index in [1.807, 2.05) is 20.8 Å². The minimum absolute atomic E-state index is 0. The summed E-state index contributed by atoms with van der Waals surface area (Å²) < 4.78 is 10.4. The highest BCUT2D eigenvalue weighted by Crippen LogP contribution is 2.38. The molecule has 2 aliphatic rings. The minimum Gasteiger partial charge on any atom is -0.467 e. The van der Waals surface area contributed by atoms with Gasteiger partial charge in [0.1, 0.15) is 5.60 Å². The van der Waals surface area contributed by atoms with Gasteiger partial charge in [-0.05, 0) is 33.6 Å². The Morgan fingerprint density at radius 3 is 2.57 bits per heavy atom. The van der Waals surface area contributed by atoms with Crippen LogP contribution in [0.15, 0.2) is 0 Å². The number of nitrogens with zero attached hydrogens (tertiary/aromatic N) is 1. The van der Waals surface area contributed by atoms with Gasteiger partial charge in [-0.2, -0.15) is 0 Å². The van der Waals surface area contributed by atoms with Crippen molar-refractivity contribution in [2.45, 2.75) is 44.8 Å². The monoisotopic (exact) mass is 320 g/mol. The van der Waals surface area contributed by atoms with Crippen molar-refractivity contribution in [3.63, 3.8) is 0 Å². The fourth-order valence-corrected chi connectivity index (χ4v) is 3.20. The summed E-state index contributed by atoms with van der Waals surface area (Å²) in [6, 6.07) is 0. The molecule has 2 aliphatic heterocycles. The van der Waals surface area contributed by atoms with Crippen LogP contribution in [0.2, 0.25) is 0 Å². The molecule has 0 radical (unpaired) electrons. The number of nitrogens with one attached hydrogen (secondary N) is 1. The van der Waals surface area contributed by atoms with Gasteiger partial charge in [-0.1, -0.05) is 0 Å². The molecule has 2 heterocycles. The largest absolute Gasteiger partial charge is 0.467 e. The van der Waals surface area contributed by atoms with Crippen molar-refractivity contribution in [1.82, 2.24) is 10.2 Å². The molecule has 6 nitrogen and oxygen atoms in total. The van der Waals surface area contributed by atoms with E-state index in [-0.39, 0.29) is 24.3 Å². The highest BCUT2D eigenvalue weighted by atomic mass is 35.5. The number of ether oxygens (including phenoxy) is 2. The molecule has 2 fully saturated rings. The van der Waals surface area contributed by atoms with Crippen LogP contribution in [-0.2, 0) is 14.3 Å². The van der Waals surface area contributed by atoms with Crippen molar-refractivity contribution in [1.29, 1.82) is 0 Å². The Kier molecular flexibility index (Phi) is 5.50. The van der Waals surface area contributed by atoms with Gasteiger partial charge in [0.05, 0.1) is 7.11 Å². The third-order valence-corrected chi connectivity index (χ3v) is 4.03. The molecule has 7 heteroatoms. The molecule has 0 bridgehead atoms. The smallest absolute Gasteiger partial charge is 0.411 e. The molecular formula is C14H25ClN2O4. The van der Waals surface area contributed by atoms with E-state index in [1.165, 1.54) is 7.11 Å². The Bertz CT molecular complexity index is 410. The number of amides is 1. The molecule has 0 aromatic rings. The van der Waals surface area contributed by atoms with Crippen LogP contribution in [0.5, 0.6) is 0 Å². The molecule has 0 aromatic heterocycles. The zero-order chi connectivity index (χ0) is 15.0. The topological polar surface area (TPSA) is 67.9 Å². The third-order valence-electron chi connectivity index (χ3n) is 4.03. The number of hydrogen-bond acceptors (Lipinski definition) is 5. The summed E-state index contributed by atoms with van der Waals surface area (Å²) in [6.45, 7) is 7.16. The zero-order valence-corrected chi connectivity index (χ0v) is 13.9. The molecule has 0 aliphatic carbocycles. The molecule has 0 unspecified atom stereocenters. The maximum Gasteiger partial charge on any atom is 0.411 e. The Labute approximate surface area is 131 Å².